The van der Waals surface area contributed by atoms with Gasteiger partial charge < -0.3 is 4.90 Å². The third-order valence-corrected chi connectivity index (χ3v) is 6.84. The second-order valence-electron chi connectivity index (χ2n) is 8.28. The number of hydroxylamine groups is 2. The number of hydrogen-bond donors (Lipinski definition) is 1. The van der Waals surface area contributed by atoms with E-state index < -0.39 is 17.6 Å². The standard InChI is InChI=1S/C24H25F3N4O2S/c1-16-6-5-7-17(2)21(16)30-12-10-29(11-13-30)15-31(33)23-28-22(32)20(34-23)14-18-8-3-4-9-19(18)24(25,26)27/h3-9,14,33H,10-13,15H2,1-2H3. The van der Waals surface area contributed by atoms with Crippen molar-refractivity contribution in [1.29, 1.82) is 0 Å². The quantitative estimate of drug-likeness (QED) is 0.493. The van der Waals surface area contributed by atoms with Gasteiger partial charge in [-0.15, -0.1) is 0 Å². The lowest BCUT2D eigenvalue weighted by molar-refractivity contribution is -0.137. The molecule has 0 bridgehead atoms. The van der Waals surface area contributed by atoms with Gasteiger partial charge in [0.2, 0.25) is 0 Å². The van der Waals surface area contributed by atoms with E-state index in [9.17, 15) is 23.2 Å². The van der Waals surface area contributed by atoms with Gasteiger partial charge in [-0.2, -0.15) is 18.2 Å². The maximum absolute atomic E-state index is 13.3. The molecule has 1 saturated heterocycles. The number of rotatable bonds is 4. The van der Waals surface area contributed by atoms with E-state index in [1.807, 2.05) is 11.0 Å². The molecule has 4 rings (SSSR count). The van der Waals surface area contributed by atoms with E-state index in [0.29, 0.717) is 13.1 Å². The van der Waals surface area contributed by atoms with Crippen molar-refractivity contribution in [3.05, 3.63) is 69.6 Å². The molecule has 180 valence electrons. The molecule has 0 aromatic heterocycles. The number of thioether (sulfide) groups is 1. The molecule has 2 heterocycles. The largest absolute Gasteiger partial charge is 0.416 e. The van der Waals surface area contributed by atoms with E-state index in [-0.39, 0.29) is 22.3 Å². The maximum Gasteiger partial charge on any atom is 0.416 e. The van der Waals surface area contributed by atoms with Crippen molar-refractivity contribution in [2.24, 2.45) is 4.99 Å². The van der Waals surface area contributed by atoms with E-state index in [1.165, 1.54) is 41.1 Å². The Balaban J connectivity index is 1.37. The van der Waals surface area contributed by atoms with Crippen molar-refractivity contribution in [1.82, 2.24) is 9.96 Å². The highest BCUT2D eigenvalue weighted by atomic mass is 32.2. The molecule has 0 radical (unpaired) electrons. The van der Waals surface area contributed by atoms with Crippen LogP contribution in [-0.2, 0) is 11.0 Å². The van der Waals surface area contributed by atoms with Gasteiger partial charge in [0.1, 0.15) is 0 Å². The van der Waals surface area contributed by atoms with Crippen LogP contribution in [0.3, 0.4) is 0 Å². The number of anilines is 1. The molecule has 0 aliphatic carbocycles. The first-order valence-corrected chi connectivity index (χ1v) is 11.6. The van der Waals surface area contributed by atoms with Gasteiger partial charge in [-0.1, -0.05) is 36.4 Å². The van der Waals surface area contributed by atoms with Crippen molar-refractivity contribution < 1.29 is 23.2 Å². The molecule has 0 spiro atoms. The number of piperazine rings is 1. The molecule has 0 saturated carbocycles. The van der Waals surface area contributed by atoms with E-state index in [2.05, 4.69) is 35.9 Å². The van der Waals surface area contributed by atoms with Gasteiger partial charge in [0.15, 0.2) is 5.17 Å². The molecule has 2 aromatic carbocycles. The lowest BCUT2D eigenvalue weighted by atomic mass is 10.1. The molecular weight excluding hydrogens is 465 g/mol. The summed E-state index contributed by atoms with van der Waals surface area (Å²) < 4.78 is 39.8. The van der Waals surface area contributed by atoms with E-state index in [0.717, 1.165) is 36.0 Å². The molecule has 34 heavy (non-hydrogen) atoms. The second kappa shape index (κ2) is 9.81. The highest BCUT2D eigenvalue weighted by Gasteiger charge is 2.34. The van der Waals surface area contributed by atoms with Crippen molar-refractivity contribution in [2.45, 2.75) is 20.0 Å². The lowest BCUT2D eigenvalue weighted by Gasteiger charge is -2.38. The van der Waals surface area contributed by atoms with Crippen LogP contribution in [0.1, 0.15) is 22.3 Å². The molecule has 0 atom stereocenters. The Morgan fingerprint density at radius 1 is 1.06 bits per heavy atom. The van der Waals surface area contributed by atoms with Crippen molar-refractivity contribution in [2.75, 3.05) is 37.7 Å². The number of aliphatic imine (C=N–C) groups is 1. The fourth-order valence-electron chi connectivity index (χ4n) is 4.20. The number of amides is 1. The van der Waals surface area contributed by atoms with Crippen LogP contribution in [0, 0.1) is 13.8 Å². The molecule has 2 aliphatic rings. The monoisotopic (exact) mass is 490 g/mol. The lowest BCUT2D eigenvalue weighted by Crippen LogP contribution is -2.50. The molecule has 1 N–H and O–H groups in total. The number of carbonyl (C=O) groups is 1. The molecule has 0 unspecified atom stereocenters. The van der Waals surface area contributed by atoms with Gasteiger partial charge in [-0.05, 0) is 54.4 Å². The number of aryl methyl sites for hydroxylation is 2. The maximum atomic E-state index is 13.3. The summed E-state index contributed by atoms with van der Waals surface area (Å²) in [6.45, 7) is 7.32. The van der Waals surface area contributed by atoms with Crippen molar-refractivity contribution in [3.8, 4) is 0 Å². The van der Waals surface area contributed by atoms with Crippen LogP contribution < -0.4 is 4.90 Å². The number of nitrogens with zero attached hydrogens (tertiary/aromatic N) is 4. The minimum Gasteiger partial charge on any atom is -0.369 e. The van der Waals surface area contributed by atoms with E-state index in [4.69, 9.17) is 0 Å². The fraction of sp³-hybridized carbons (Fsp3) is 0.333. The van der Waals surface area contributed by atoms with Crippen molar-refractivity contribution >= 4 is 34.6 Å². The molecule has 1 fully saturated rings. The average molecular weight is 491 g/mol. The summed E-state index contributed by atoms with van der Waals surface area (Å²) in [7, 11) is 0. The Morgan fingerprint density at radius 3 is 2.35 bits per heavy atom. The number of hydrogen-bond acceptors (Lipinski definition) is 6. The fourth-order valence-corrected chi connectivity index (χ4v) is 5.01. The molecule has 2 aromatic rings. The van der Waals surface area contributed by atoms with Crippen LogP contribution >= 0.6 is 11.8 Å². The summed E-state index contributed by atoms with van der Waals surface area (Å²) in [4.78, 5) is 20.5. The molecular formula is C24H25F3N4O2S. The summed E-state index contributed by atoms with van der Waals surface area (Å²) in [6, 6.07) is 11.3. The van der Waals surface area contributed by atoms with Crippen LogP contribution in [0.2, 0.25) is 0 Å². The Bertz CT molecular complexity index is 1120. The number of amidine groups is 1. The van der Waals surface area contributed by atoms with Crippen LogP contribution in [0.5, 0.6) is 0 Å². The predicted octanol–water partition coefficient (Wildman–Crippen LogP) is 4.76. The molecule has 10 heteroatoms. The van der Waals surface area contributed by atoms with Gasteiger partial charge in [-0.3, -0.25) is 14.9 Å². The minimum atomic E-state index is -4.54. The summed E-state index contributed by atoms with van der Waals surface area (Å²) in [5.74, 6) is -0.670. The number of halogens is 3. The van der Waals surface area contributed by atoms with Gasteiger partial charge in [0.25, 0.3) is 5.91 Å². The smallest absolute Gasteiger partial charge is 0.369 e. The highest BCUT2D eigenvalue weighted by molar-refractivity contribution is 8.18. The first-order chi connectivity index (χ1) is 16.1. The van der Waals surface area contributed by atoms with Crippen LogP contribution in [-0.4, -0.2) is 59.1 Å². The summed E-state index contributed by atoms with van der Waals surface area (Å²) >= 11 is 0.864. The summed E-state index contributed by atoms with van der Waals surface area (Å²) in [5, 5.41) is 11.5. The Kier molecular flexibility index (Phi) is 7.01. The van der Waals surface area contributed by atoms with E-state index >= 15 is 0 Å². The third-order valence-electron chi connectivity index (χ3n) is 5.84. The number of carbonyl (C=O) groups excluding carboxylic acids is 1. The Morgan fingerprint density at radius 2 is 1.71 bits per heavy atom. The predicted molar refractivity (Wildman–Crippen MR) is 128 cm³/mol. The van der Waals surface area contributed by atoms with Crippen LogP contribution in [0.15, 0.2) is 52.4 Å². The Labute approximate surface area is 200 Å². The molecule has 6 nitrogen and oxygen atoms in total. The van der Waals surface area contributed by atoms with Gasteiger partial charge >= 0.3 is 6.18 Å². The zero-order chi connectivity index (χ0) is 24.5. The number of para-hydroxylation sites is 1. The third kappa shape index (κ3) is 5.29. The number of benzene rings is 2. The zero-order valence-electron chi connectivity index (χ0n) is 18.8. The first-order valence-electron chi connectivity index (χ1n) is 10.8. The van der Waals surface area contributed by atoms with Crippen LogP contribution in [0.4, 0.5) is 18.9 Å². The summed E-state index contributed by atoms with van der Waals surface area (Å²) in [6.07, 6.45) is -3.37. The van der Waals surface area contributed by atoms with E-state index in [1.54, 1.807) is 0 Å². The van der Waals surface area contributed by atoms with Crippen LogP contribution in [0.25, 0.3) is 6.08 Å². The summed E-state index contributed by atoms with van der Waals surface area (Å²) in [5.41, 5.74) is 2.73. The van der Waals surface area contributed by atoms with Gasteiger partial charge in [0.05, 0.1) is 17.1 Å². The Hall–Kier alpha value is -2.82. The normalized spacial score (nSPS) is 18.5. The van der Waals surface area contributed by atoms with Gasteiger partial charge in [-0.25, -0.2) is 5.06 Å². The topological polar surface area (TPSA) is 59.4 Å². The molecule has 2 aliphatic heterocycles. The minimum absolute atomic E-state index is 0.0330. The SMILES string of the molecule is Cc1cccc(C)c1N1CCN(CN(O)C2=NC(=O)C(=Cc3ccccc3C(F)(F)F)S2)CC1. The second-order valence-corrected chi connectivity index (χ2v) is 9.29. The average Bonchev–Trinajstić information content (AvgIpc) is 3.15. The highest BCUT2D eigenvalue weighted by Crippen LogP contribution is 2.36. The first kappa shape index (κ1) is 24.3. The zero-order valence-corrected chi connectivity index (χ0v) is 19.7. The van der Waals surface area contributed by atoms with Crippen molar-refractivity contribution in [3.63, 3.8) is 0 Å². The number of alkyl halides is 3. The molecule has 1 amide bonds. The van der Waals surface area contributed by atoms with Gasteiger partial charge in [0, 0.05) is 31.9 Å².